The van der Waals surface area contributed by atoms with Gasteiger partial charge in [0.25, 0.3) is 11.6 Å². The Morgan fingerprint density at radius 2 is 1.86 bits per heavy atom. The van der Waals surface area contributed by atoms with E-state index in [1.54, 1.807) is 19.9 Å². The molecule has 0 aliphatic heterocycles. The summed E-state index contributed by atoms with van der Waals surface area (Å²) < 4.78 is 26.4. The van der Waals surface area contributed by atoms with Crippen LogP contribution in [0.15, 0.2) is 58.5 Å². The summed E-state index contributed by atoms with van der Waals surface area (Å²) in [6, 6.07) is 11.4. The first kappa shape index (κ1) is 21.2. The maximum Gasteiger partial charge on any atom is 0.271 e. The molecule has 0 saturated carbocycles. The summed E-state index contributed by atoms with van der Waals surface area (Å²) in [5, 5.41) is 14.5. The highest BCUT2D eigenvalue weighted by Gasteiger charge is 2.22. The smallest absolute Gasteiger partial charge is 0.267 e. The molecule has 9 nitrogen and oxygen atoms in total. The summed E-state index contributed by atoms with van der Waals surface area (Å²) in [5.41, 5.74) is 2.76. The number of hydrogen-bond acceptors (Lipinski definition) is 6. The minimum Gasteiger partial charge on any atom is -0.267 e. The third-order valence-electron chi connectivity index (χ3n) is 3.90. The molecule has 0 aliphatic rings. The summed E-state index contributed by atoms with van der Waals surface area (Å²) in [6.45, 7) is 4.12. The first-order valence-corrected chi connectivity index (χ1v) is 9.91. The van der Waals surface area contributed by atoms with E-state index in [0.29, 0.717) is 18.7 Å². The van der Waals surface area contributed by atoms with Gasteiger partial charge >= 0.3 is 0 Å². The molecular weight excluding hydrogens is 384 g/mol. The first-order valence-electron chi connectivity index (χ1n) is 8.47. The Labute approximate surface area is 162 Å². The Kier molecular flexibility index (Phi) is 6.96. The summed E-state index contributed by atoms with van der Waals surface area (Å²) in [7, 11) is -3.68. The fourth-order valence-corrected chi connectivity index (χ4v) is 3.96. The Bertz CT molecular complexity index is 1000. The average Bonchev–Trinajstić information content (AvgIpc) is 2.69. The number of hydrogen-bond donors (Lipinski definition) is 1. The Morgan fingerprint density at radius 1 is 1.18 bits per heavy atom. The van der Waals surface area contributed by atoms with E-state index in [2.05, 4.69) is 10.5 Å². The van der Waals surface area contributed by atoms with Crippen LogP contribution in [0.2, 0.25) is 0 Å². The fraction of sp³-hybridized carbons (Fsp3) is 0.222. The number of non-ortho nitro benzene ring substituents is 1. The van der Waals surface area contributed by atoms with Crippen LogP contribution in [0.4, 0.5) is 5.69 Å². The van der Waals surface area contributed by atoms with Gasteiger partial charge in [0.1, 0.15) is 0 Å². The van der Waals surface area contributed by atoms with Gasteiger partial charge in [0.2, 0.25) is 10.0 Å². The van der Waals surface area contributed by atoms with Crippen LogP contribution in [0, 0.1) is 10.1 Å². The number of carbonyl (C=O) groups excluding carboxylic acids is 1. The molecule has 10 heteroatoms. The molecule has 0 atom stereocenters. The monoisotopic (exact) mass is 404 g/mol. The van der Waals surface area contributed by atoms with Crippen molar-refractivity contribution in [1.29, 1.82) is 0 Å². The van der Waals surface area contributed by atoms with E-state index in [1.807, 2.05) is 0 Å². The van der Waals surface area contributed by atoms with Gasteiger partial charge in [-0.05, 0) is 18.2 Å². The Balaban J connectivity index is 2.15. The lowest BCUT2D eigenvalue weighted by Crippen LogP contribution is -2.30. The van der Waals surface area contributed by atoms with Crippen LogP contribution in [-0.2, 0) is 10.0 Å². The summed E-state index contributed by atoms with van der Waals surface area (Å²) in [5.74, 6) is -0.599. The predicted octanol–water partition coefficient (Wildman–Crippen LogP) is 2.39. The van der Waals surface area contributed by atoms with Crippen molar-refractivity contribution in [3.8, 4) is 0 Å². The first-order chi connectivity index (χ1) is 13.3. The van der Waals surface area contributed by atoms with E-state index in [-0.39, 0.29) is 16.1 Å². The molecule has 1 amide bonds. The number of hydrazone groups is 1. The van der Waals surface area contributed by atoms with Crippen molar-refractivity contribution in [2.75, 3.05) is 13.1 Å². The SMILES string of the molecule is CCN(CC)S(=O)(=O)c1cccc(C(=O)N/N=C\c2cccc([N+](=O)[O-])c2)c1. The molecule has 2 aromatic rings. The van der Waals surface area contributed by atoms with E-state index < -0.39 is 20.9 Å². The van der Waals surface area contributed by atoms with Crippen molar-refractivity contribution in [3.05, 3.63) is 69.8 Å². The van der Waals surface area contributed by atoms with E-state index in [1.165, 1.54) is 53.0 Å². The molecule has 0 radical (unpaired) electrons. The van der Waals surface area contributed by atoms with Gasteiger partial charge < -0.3 is 0 Å². The summed E-state index contributed by atoms with van der Waals surface area (Å²) in [6.07, 6.45) is 1.27. The molecule has 1 N–H and O–H groups in total. The number of amides is 1. The molecule has 0 saturated heterocycles. The number of sulfonamides is 1. The van der Waals surface area contributed by atoms with Crippen LogP contribution in [0.5, 0.6) is 0 Å². The molecule has 148 valence electrons. The predicted molar refractivity (Wildman–Crippen MR) is 105 cm³/mol. The lowest BCUT2D eigenvalue weighted by atomic mass is 10.2. The number of nitrogens with zero attached hydrogens (tertiary/aromatic N) is 3. The maximum absolute atomic E-state index is 12.6. The zero-order valence-corrected chi connectivity index (χ0v) is 16.2. The standard InChI is InChI=1S/C18H20N4O5S/c1-3-21(4-2)28(26,27)17-10-6-8-15(12-17)18(23)20-19-13-14-7-5-9-16(11-14)22(24)25/h5-13H,3-4H2,1-2H3,(H,20,23)/b19-13-. The van der Waals surface area contributed by atoms with Crippen LogP contribution in [0.25, 0.3) is 0 Å². The van der Waals surface area contributed by atoms with Gasteiger partial charge in [0, 0.05) is 36.3 Å². The lowest BCUT2D eigenvalue weighted by Gasteiger charge is -2.18. The highest BCUT2D eigenvalue weighted by atomic mass is 32.2. The largest absolute Gasteiger partial charge is 0.271 e. The van der Waals surface area contributed by atoms with E-state index in [9.17, 15) is 23.3 Å². The highest BCUT2D eigenvalue weighted by molar-refractivity contribution is 7.89. The summed E-state index contributed by atoms with van der Waals surface area (Å²) >= 11 is 0. The van der Waals surface area contributed by atoms with Crippen LogP contribution in [-0.4, -0.2) is 42.9 Å². The number of nitro benzene ring substituents is 1. The van der Waals surface area contributed by atoms with Crippen molar-refractivity contribution >= 4 is 27.8 Å². The second-order valence-electron chi connectivity index (χ2n) is 5.67. The van der Waals surface area contributed by atoms with Gasteiger partial charge in [-0.2, -0.15) is 9.41 Å². The zero-order valence-electron chi connectivity index (χ0n) is 15.4. The quantitative estimate of drug-likeness (QED) is 0.411. The topological polar surface area (TPSA) is 122 Å². The Morgan fingerprint density at radius 3 is 2.50 bits per heavy atom. The van der Waals surface area contributed by atoms with Crippen LogP contribution in [0.3, 0.4) is 0 Å². The molecule has 0 aromatic heterocycles. The minimum absolute atomic E-state index is 0.0199. The molecule has 0 unspecified atom stereocenters. The van der Waals surface area contributed by atoms with Gasteiger partial charge in [-0.3, -0.25) is 14.9 Å². The third-order valence-corrected chi connectivity index (χ3v) is 5.95. The van der Waals surface area contributed by atoms with Gasteiger partial charge in [-0.15, -0.1) is 0 Å². The molecule has 0 heterocycles. The van der Waals surface area contributed by atoms with Crippen LogP contribution >= 0.6 is 0 Å². The fourth-order valence-electron chi connectivity index (χ4n) is 2.46. The van der Waals surface area contributed by atoms with Crippen molar-refractivity contribution in [2.24, 2.45) is 5.10 Å². The summed E-state index contributed by atoms with van der Waals surface area (Å²) in [4.78, 5) is 22.5. The van der Waals surface area contributed by atoms with E-state index in [0.717, 1.165) is 0 Å². The molecule has 0 spiro atoms. The molecular formula is C18H20N4O5S. The molecule has 28 heavy (non-hydrogen) atoms. The number of carbonyl (C=O) groups is 1. The Hall–Kier alpha value is -3.11. The number of rotatable bonds is 8. The number of nitro groups is 1. The lowest BCUT2D eigenvalue weighted by molar-refractivity contribution is -0.384. The molecule has 0 fully saturated rings. The van der Waals surface area contributed by atoms with Crippen molar-refractivity contribution < 1.29 is 18.1 Å². The van der Waals surface area contributed by atoms with Crippen molar-refractivity contribution in [1.82, 2.24) is 9.73 Å². The van der Waals surface area contributed by atoms with Gasteiger partial charge in [0.05, 0.1) is 16.0 Å². The maximum atomic E-state index is 12.6. The normalized spacial score (nSPS) is 11.7. The zero-order chi connectivity index (χ0) is 20.7. The highest BCUT2D eigenvalue weighted by Crippen LogP contribution is 2.17. The van der Waals surface area contributed by atoms with E-state index >= 15 is 0 Å². The average molecular weight is 404 g/mol. The second kappa shape index (κ2) is 9.20. The molecule has 2 aromatic carbocycles. The second-order valence-corrected chi connectivity index (χ2v) is 7.61. The number of nitrogens with one attached hydrogen (secondary N) is 1. The number of benzene rings is 2. The van der Waals surface area contributed by atoms with Crippen molar-refractivity contribution in [3.63, 3.8) is 0 Å². The van der Waals surface area contributed by atoms with Crippen LogP contribution < -0.4 is 5.43 Å². The minimum atomic E-state index is -3.68. The van der Waals surface area contributed by atoms with Crippen LogP contribution in [0.1, 0.15) is 29.8 Å². The van der Waals surface area contributed by atoms with E-state index in [4.69, 9.17) is 0 Å². The van der Waals surface area contributed by atoms with Crippen molar-refractivity contribution in [2.45, 2.75) is 18.7 Å². The molecule has 0 aliphatic carbocycles. The van der Waals surface area contributed by atoms with Gasteiger partial charge in [-0.25, -0.2) is 13.8 Å². The van der Waals surface area contributed by atoms with Gasteiger partial charge in [0.15, 0.2) is 0 Å². The third kappa shape index (κ3) is 4.99. The molecule has 2 rings (SSSR count). The molecule has 0 bridgehead atoms. The van der Waals surface area contributed by atoms with Gasteiger partial charge in [-0.1, -0.05) is 32.0 Å².